The standard InChI is InChI=1S/C7H11F5O/c8-1-6(2-9,3-10)7(13,4-11)5-12/h13H,1-5H2. The molecule has 0 saturated carbocycles. The zero-order valence-corrected chi connectivity index (χ0v) is 6.87. The third-order valence-corrected chi connectivity index (χ3v) is 2.20. The van der Waals surface area contributed by atoms with Crippen LogP contribution < -0.4 is 0 Å². The van der Waals surface area contributed by atoms with Crippen LogP contribution in [0.3, 0.4) is 0 Å². The number of halogens is 5. The summed E-state index contributed by atoms with van der Waals surface area (Å²) < 4.78 is 60.8. The van der Waals surface area contributed by atoms with Crippen LogP contribution in [-0.2, 0) is 0 Å². The minimum absolute atomic E-state index is 1.65. The number of hydrogen-bond acceptors (Lipinski definition) is 1. The van der Waals surface area contributed by atoms with Crippen molar-refractivity contribution < 1.29 is 27.1 Å². The van der Waals surface area contributed by atoms with Gasteiger partial charge in [0.15, 0.2) is 0 Å². The van der Waals surface area contributed by atoms with E-state index < -0.39 is 44.4 Å². The van der Waals surface area contributed by atoms with Crippen LogP contribution in [0.2, 0.25) is 0 Å². The highest BCUT2D eigenvalue weighted by molar-refractivity contribution is 4.98. The highest BCUT2D eigenvalue weighted by Gasteiger charge is 2.52. The Kier molecular flexibility index (Phi) is 4.60. The maximum absolute atomic E-state index is 12.2. The first-order chi connectivity index (χ1) is 6.05. The Hall–Kier alpha value is -0.390. The largest absolute Gasteiger partial charge is 0.384 e. The Balaban J connectivity index is 4.87. The average Bonchev–Trinajstić information content (AvgIpc) is 2.20. The van der Waals surface area contributed by atoms with Crippen LogP contribution in [0.4, 0.5) is 22.0 Å². The van der Waals surface area contributed by atoms with Crippen LogP contribution in [0.25, 0.3) is 0 Å². The Morgan fingerprint density at radius 3 is 1.08 bits per heavy atom. The van der Waals surface area contributed by atoms with Crippen molar-refractivity contribution in [2.75, 3.05) is 33.4 Å². The predicted octanol–water partition coefficient (Wildman–Crippen LogP) is 1.55. The fraction of sp³-hybridized carbons (Fsp3) is 1.00. The quantitative estimate of drug-likeness (QED) is 0.654. The Bertz CT molecular complexity index is 136. The van der Waals surface area contributed by atoms with Crippen LogP contribution >= 0.6 is 0 Å². The van der Waals surface area contributed by atoms with Crippen molar-refractivity contribution >= 4 is 0 Å². The van der Waals surface area contributed by atoms with Gasteiger partial charge in [0, 0.05) is 0 Å². The van der Waals surface area contributed by atoms with Gasteiger partial charge in [0.25, 0.3) is 0 Å². The second kappa shape index (κ2) is 4.74. The molecule has 13 heavy (non-hydrogen) atoms. The molecule has 0 spiro atoms. The number of hydrogen-bond donors (Lipinski definition) is 1. The van der Waals surface area contributed by atoms with Gasteiger partial charge in [-0.05, 0) is 0 Å². The molecular formula is C7H11F5O. The minimum atomic E-state index is -2.91. The van der Waals surface area contributed by atoms with Crippen LogP contribution in [-0.4, -0.2) is 44.1 Å². The Labute approximate surface area is 72.6 Å². The van der Waals surface area contributed by atoms with Gasteiger partial charge >= 0.3 is 0 Å². The molecule has 0 unspecified atom stereocenters. The lowest BCUT2D eigenvalue weighted by Gasteiger charge is -2.38. The summed E-state index contributed by atoms with van der Waals surface area (Å²) >= 11 is 0. The van der Waals surface area contributed by atoms with E-state index >= 15 is 0 Å². The fourth-order valence-electron chi connectivity index (χ4n) is 0.799. The molecule has 0 aliphatic rings. The highest BCUT2D eigenvalue weighted by Crippen LogP contribution is 2.34. The summed E-state index contributed by atoms with van der Waals surface area (Å²) in [5.74, 6) is 0. The molecule has 0 aliphatic carbocycles. The van der Waals surface area contributed by atoms with Crippen molar-refractivity contribution in [1.82, 2.24) is 0 Å². The summed E-state index contributed by atoms with van der Waals surface area (Å²) in [6, 6.07) is 0. The smallest absolute Gasteiger partial charge is 0.134 e. The van der Waals surface area contributed by atoms with E-state index in [4.69, 9.17) is 5.11 Å². The average molecular weight is 206 g/mol. The first-order valence-electron chi connectivity index (χ1n) is 3.58. The third-order valence-electron chi connectivity index (χ3n) is 2.20. The molecule has 0 rings (SSSR count). The predicted molar refractivity (Wildman–Crippen MR) is 37.3 cm³/mol. The van der Waals surface area contributed by atoms with E-state index in [1.165, 1.54) is 0 Å². The maximum Gasteiger partial charge on any atom is 0.134 e. The summed E-state index contributed by atoms with van der Waals surface area (Å²) in [6.07, 6.45) is 0. The topological polar surface area (TPSA) is 20.2 Å². The summed E-state index contributed by atoms with van der Waals surface area (Å²) in [5, 5.41) is 9.07. The van der Waals surface area contributed by atoms with Crippen molar-refractivity contribution in [2.24, 2.45) is 5.41 Å². The van der Waals surface area contributed by atoms with Crippen LogP contribution in [0, 0.1) is 5.41 Å². The lowest BCUT2D eigenvalue weighted by atomic mass is 9.76. The number of alkyl halides is 5. The molecule has 0 aliphatic heterocycles. The number of rotatable bonds is 6. The summed E-state index contributed by atoms with van der Waals surface area (Å²) in [6.45, 7) is -8.39. The molecule has 0 amide bonds. The molecule has 0 fully saturated rings. The van der Waals surface area contributed by atoms with Gasteiger partial charge in [0.2, 0.25) is 0 Å². The first-order valence-corrected chi connectivity index (χ1v) is 3.58. The lowest BCUT2D eigenvalue weighted by molar-refractivity contribution is -0.139. The van der Waals surface area contributed by atoms with Gasteiger partial charge in [-0.3, -0.25) is 13.2 Å². The fourth-order valence-corrected chi connectivity index (χ4v) is 0.799. The molecular weight excluding hydrogens is 195 g/mol. The summed E-state index contributed by atoms with van der Waals surface area (Å²) in [4.78, 5) is 0. The van der Waals surface area contributed by atoms with E-state index in [9.17, 15) is 22.0 Å². The molecule has 0 radical (unpaired) electrons. The molecule has 6 heteroatoms. The highest BCUT2D eigenvalue weighted by atomic mass is 19.2. The molecule has 0 aromatic heterocycles. The van der Waals surface area contributed by atoms with Crippen LogP contribution in [0.15, 0.2) is 0 Å². The van der Waals surface area contributed by atoms with Gasteiger partial charge in [-0.15, -0.1) is 0 Å². The second-order valence-corrected chi connectivity index (χ2v) is 2.98. The van der Waals surface area contributed by atoms with Gasteiger partial charge in [-0.1, -0.05) is 0 Å². The van der Waals surface area contributed by atoms with Crippen molar-refractivity contribution in [3.05, 3.63) is 0 Å². The van der Waals surface area contributed by atoms with Crippen molar-refractivity contribution in [1.29, 1.82) is 0 Å². The van der Waals surface area contributed by atoms with E-state index in [-0.39, 0.29) is 0 Å². The molecule has 0 bridgehead atoms. The molecule has 1 N–H and O–H groups in total. The van der Waals surface area contributed by atoms with E-state index in [2.05, 4.69) is 0 Å². The summed E-state index contributed by atoms with van der Waals surface area (Å²) in [5.41, 5.74) is -5.53. The van der Waals surface area contributed by atoms with Gasteiger partial charge in [-0.2, -0.15) is 0 Å². The van der Waals surface area contributed by atoms with Crippen molar-refractivity contribution in [3.8, 4) is 0 Å². The zero-order chi connectivity index (χ0) is 10.5. The molecule has 0 aromatic rings. The molecule has 0 aromatic carbocycles. The van der Waals surface area contributed by atoms with Gasteiger partial charge in [0.1, 0.15) is 39.0 Å². The zero-order valence-electron chi connectivity index (χ0n) is 6.87. The molecule has 0 heterocycles. The minimum Gasteiger partial charge on any atom is -0.384 e. The maximum atomic E-state index is 12.2. The lowest BCUT2D eigenvalue weighted by Crippen LogP contribution is -2.56. The van der Waals surface area contributed by atoms with Crippen LogP contribution in [0.5, 0.6) is 0 Å². The normalized spacial score (nSPS) is 13.4. The monoisotopic (exact) mass is 206 g/mol. The molecule has 0 saturated heterocycles. The first kappa shape index (κ1) is 12.6. The van der Waals surface area contributed by atoms with E-state index in [1.807, 2.05) is 0 Å². The second-order valence-electron chi connectivity index (χ2n) is 2.98. The summed E-state index contributed by atoms with van der Waals surface area (Å²) in [7, 11) is 0. The number of aliphatic hydroxyl groups is 1. The van der Waals surface area contributed by atoms with Gasteiger partial charge in [0.05, 0.1) is 5.41 Å². The van der Waals surface area contributed by atoms with E-state index in [0.29, 0.717) is 0 Å². The third kappa shape index (κ3) is 1.92. The Morgan fingerprint density at radius 2 is 1.00 bits per heavy atom. The molecule has 80 valence electrons. The molecule has 1 nitrogen and oxygen atoms in total. The van der Waals surface area contributed by atoms with Gasteiger partial charge < -0.3 is 5.11 Å². The van der Waals surface area contributed by atoms with E-state index in [0.717, 1.165) is 0 Å². The van der Waals surface area contributed by atoms with Crippen molar-refractivity contribution in [2.45, 2.75) is 5.60 Å². The van der Waals surface area contributed by atoms with E-state index in [1.54, 1.807) is 0 Å². The Morgan fingerprint density at radius 1 is 0.692 bits per heavy atom. The van der Waals surface area contributed by atoms with Crippen molar-refractivity contribution in [3.63, 3.8) is 0 Å². The SMILES string of the molecule is OC(CF)(CF)C(CF)(CF)CF. The molecule has 0 atom stereocenters. The van der Waals surface area contributed by atoms with Gasteiger partial charge in [-0.25, -0.2) is 8.78 Å². The van der Waals surface area contributed by atoms with Crippen LogP contribution in [0.1, 0.15) is 0 Å².